The van der Waals surface area contributed by atoms with Crippen LogP contribution in [0.25, 0.3) is 0 Å². The summed E-state index contributed by atoms with van der Waals surface area (Å²) < 4.78 is 0.653. The van der Waals surface area contributed by atoms with Gasteiger partial charge in [0.1, 0.15) is 6.04 Å². The van der Waals surface area contributed by atoms with Gasteiger partial charge >= 0.3 is 5.97 Å². The number of halogens is 2. The van der Waals surface area contributed by atoms with Crippen LogP contribution in [0.2, 0.25) is 5.02 Å². The summed E-state index contributed by atoms with van der Waals surface area (Å²) in [5.41, 5.74) is 0.575. The molecule has 0 heterocycles. The van der Waals surface area contributed by atoms with E-state index in [4.69, 9.17) is 16.7 Å². The zero-order valence-corrected chi connectivity index (χ0v) is 13.5. The molecule has 0 aliphatic carbocycles. The maximum atomic E-state index is 11.6. The number of carbonyl (C=O) groups excluding carboxylic acids is 1. The van der Waals surface area contributed by atoms with Gasteiger partial charge in [0.15, 0.2) is 0 Å². The zero-order valence-electron chi connectivity index (χ0n) is 11.1. The fourth-order valence-electron chi connectivity index (χ4n) is 1.55. The molecule has 1 aromatic rings. The maximum Gasteiger partial charge on any atom is 0.326 e. The summed E-state index contributed by atoms with van der Waals surface area (Å²) in [4.78, 5) is 22.8. The van der Waals surface area contributed by atoms with Gasteiger partial charge in [-0.3, -0.25) is 4.79 Å². The van der Waals surface area contributed by atoms with E-state index in [0.29, 0.717) is 15.2 Å². The molecule has 1 amide bonds. The zero-order chi connectivity index (χ0) is 15.3. The predicted molar refractivity (Wildman–Crippen MR) is 82.1 cm³/mol. The number of nitrogens with one attached hydrogen (secondary N) is 2. The monoisotopic (exact) mass is 362 g/mol. The lowest BCUT2D eigenvalue weighted by molar-refractivity contribution is -0.139. The first kappa shape index (κ1) is 16.8. The van der Waals surface area contributed by atoms with Crippen molar-refractivity contribution in [3.63, 3.8) is 0 Å². The highest BCUT2D eigenvalue weighted by Crippen LogP contribution is 2.26. The van der Waals surface area contributed by atoms with Crippen LogP contribution in [-0.4, -0.2) is 29.1 Å². The molecule has 0 fully saturated rings. The molecule has 0 radical (unpaired) electrons. The van der Waals surface area contributed by atoms with Crippen LogP contribution in [0.3, 0.4) is 0 Å². The second-order valence-corrected chi connectivity index (χ2v) is 5.85. The van der Waals surface area contributed by atoms with Crippen LogP contribution in [0.1, 0.15) is 20.3 Å². The summed E-state index contributed by atoms with van der Waals surface area (Å²) >= 11 is 9.12. The lowest BCUT2D eigenvalue weighted by atomic mass is 10.1. The van der Waals surface area contributed by atoms with Crippen molar-refractivity contribution >= 4 is 45.1 Å². The largest absolute Gasteiger partial charge is 0.480 e. The minimum absolute atomic E-state index is 0.0263. The predicted octanol–water partition coefficient (Wildman–Crippen LogP) is 2.88. The fourth-order valence-corrected chi connectivity index (χ4v) is 2.05. The standard InChI is InChI=1S/C13H16BrClN2O3/c1-7(2)16-12(18)6-11(13(19)20)17-8-3-4-10(15)9(14)5-8/h3-5,7,11,17H,6H2,1-2H3,(H,16,18)(H,19,20). The van der Waals surface area contributed by atoms with Crippen LogP contribution in [0.15, 0.2) is 22.7 Å². The third-order valence-electron chi connectivity index (χ3n) is 2.40. The number of carbonyl (C=O) groups is 2. The Morgan fingerprint density at radius 1 is 1.40 bits per heavy atom. The molecule has 110 valence electrons. The number of hydrogen-bond donors (Lipinski definition) is 3. The third-order valence-corrected chi connectivity index (χ3v) is 3.61. The molecule has 1 rings (SSSR count). The average molecular weight is 364 g/mol. The van der Waals surface area contributed by atoms with Crippen molar-refractivity contribution in [3.8, 4) is 0 Å². The van der Waals surface area contributed by atoms with E-state index in [1.54, 1.807) is 18.2 Å². The second kappa shape index (κ2) is 7.50. The molecule has 1 aromatic carbocycles. The molecule has 3 N–H and O–H groups in total. The Labute approximate surface area is 130 Å². The molecule has 0 bridgehead atoms. The van der Waals surface area contributed by atoms with Crippen LogP contribution >= 0.6 is 27.5 Å². The Balaban J connectivity index is 2.74. The van der Waals surface area contributed by atoms with E-state index in [0.717, 1.165) is 0 Å². The molecule has 20 heavy (non-hydrogen) atoms. The van der Waals surface area contributed by atoms with E-state index in [2.05, 4.69) is 26.6 Å². The number of carboxylic acid groups (broad SMARTS) is 1. The van der Waals surface area contributed by atoms with Gasteiger partial charge in [-0.15, -0.1) is 0 Å². The van der Waals surface area contributed by atoms with Crippen molar-refractivity contribution in [2.75, 3.05) is 5.32 Å². The van der Waals surface area contributed by atoms with Crippen LogP contribution in [0.4, 0.5) is 5.69 Å². The maximum absolute atomic E-state index is 11.6. The number of carboxylic acids is 1. The molecule has 0 aromatic heterocycles. The summed E-state index contributed by atoms with van der Waals surface area (Å²) in [6, 6.07) is 3.94. The van der Waals surface area contributed by atoms with Gasteiger partial charge in [-0.25, -0.2) is 4.79 Å². The normalized spacial score (nSPS) is 12.1. The Bertz CT molecular complexity index is 508. The topological polar surface area (TPSA) is 78.4 Å². The van der Waals surface area contributed by atoms with Crippen molar-refractivity contribution in [2.24, 2.45) is 0 Å². The highest BCUT2D eigenvalue weighted by molar-refractivity contribution is 9.10. The Morgan fingerprint density at radius 2 is 2.05 bits per heavy atom. The first-order chi connectivity index (χ1) is 9.29. The van der Waals surface area contributed by atoms with Crippen molar-refractivity contribution in [3.05, 3.63) is 27.7 Å². The van der Waals surface area contributed by atoms with Crippen molar-refractivity contribution in [1.29, 1.82) is 0 Å². The number of amides is 1. The van der Waals surface area contributed by atoms with Gasteiger partial charge in [0.25, 0.3) is 0 Å². The smallest absolute Gasteiger partial charge is 0.326 e. The summed E-state index contributed by atoms with van der Waals surface area (Å²) in [5.74, 6) is -1.40. The van der Waals surface area contributed by atoms with Gasteiger partial charge in [0.05, 0.1) is 11.4 Å². The number of aliphatic carboxylic acids is 1. The molecule has 0 aliphatic rings. The van der Waals surface area contributed by atoms with Crippen molar-refractivity contribution in [1.82, 2.24) is 5.32 Å². The van der Waals surface area contributed by atoms with Crippen LogP contribution in [-0.2, 0) is 9.59 Å². The van der Waals surface area contributed by atoms with Crippen molar-refractivity contribution < 1.29 is 14.7 Å². The summed E-state index contributed by atoms with van der Waals surface area (Å²) in [5, 5.41) is 15.2. The van der Waals surface area contributed by atoms with Crippen LogP contribution < -0.4 is 10.6 Å². The minimum Gasteiger partial charge on any atom is -0.480 e. The van der Waals surface area contributed by atoms with E-state index in [9.17, 15) is 9.59 Å². The molecule has 5 nitrogen and oxygen atoms in total. The van der Waals surface area contributed by atoms with E-state index in [-0.39, 0.29) is 18.4 Å². The number of anilines is 1. The highest BCUT2D eigenvalue weighted by Gasteiger charge is 2.21. The van der Waals surface area contributed by atoms with Gasteiger partial charge in [0.2, 0.25) is 5.91 Å². The molecule has 0 saturated carbocycles. The third kappa shape index (κ3) is 5.38. The molecule has 1 atom stereocenters. The SMILES string of the molecule is CC(C)NC(=O)CC(Nc1ccc(Cl)c(Br)c1)C(=O)O. The molecule has 0 spiro atoms. The highest BCUT2D eigenvalue weighted by atomic mass is 79.9. The lowest BCUT2D eigenvalue weighted by Gasteiger charge is -2.17. The first-order valence-corrected chi connectivity index (χ1v) is 7.20. The number of hydrogen-bond acceptors (Lipinski definition) is 3. The van der Waals surface area contributed by atoms with Gasteiger partial charge in [-0.2, -0.15) is 0 Å². The molecule has 0 aliphatic heterocycles. The van der Waals surface area contributed by atoms with E-state index in [1.165, 1.54) is 0 Å². The van der Waals surface area contributed by atoms with Gasteiger partial charge in [-0.1, -0.05) is 11.6 Å². The summed E-state index contributed by atoms with van der Waals surface area (Å²) in [6.45, 7) is 3.63. The fraction of sp³-hybridized carbons (Fsp3) is 0.385. The average Bonchev–Trinajstić information content (AvgIpc) is 2.31. The first-order valence-electron chi connectivity index (χ1n) is 6.03. The van der Waals surface area contributed by atoms with Gasteiger partial charge in [-0.05, 0) is 48.0 Å². The van der Waals surface area contributed by atoms with Gasteiger partial charge < -0.3 is 15.7 Å². The summed E-state index contributed by atoms with van der Waals surface area (Å²) in [7, 11) is 0. The molecular formula is C13H16BrClN2O3. The van der Waals surface area contributed by atoms with Crippen LogP contribution in [0.5, 0.6) is 0 Å². The van der Waals surface area contributed by atoms with E-state index < -0.39 is 12.0 Å². The Morgan fingerprint density at radius 3 is 2.55 bits per heavy atom. The molecule has 0 saturated heterocycles. The molecule has 7 heteroatoms. The lowest BCUT2D eigenvalue weighted by Crippen LogP contribution is -2.38. The molecular weight excluding hydrogens is 348 g/mol. The van der Waals surface area contributed by atoms with Crippen molar-refractivity contribution in [2.45, 2.75) is 32.4 Å². The quantitative estimate of drug-likeness (QED) is 0.726. The number of rotatable bonds is 6. The van der Waals surface area contributed by atoms with E-state index >= 15 is 0 Å². The Hall–Kier alpha value is -1.27. The van der Waals surface area contributed by atoms with Crippen LogP contribution in [0, 0.1) is 0 Å². The van der Waals surface area contributed by atoms with Gasteiger partial charge in [0, 0.05) is 16.2 Å². The van der Waals surface area contributed by atoms with E-state index in [1.807, 2.05) is 13.8 Å². The molecule has 1 unspecified atom stereocenters. The Kier molecular flexibility index (Phi) is 6.29. The summed E-state index contributed by atoms with van der Waals surface area (Å²) in [6.07, 6.45) is -0.145. The number of benzene rings is 1. The minimum atomic E-state index is -1.09. The second-order valence-electron chi connectivity index (χ2n) is 4.59.